The minimum atomic E-state index is 0.502. The number of aryl methyl sites for hydroxylation is 1. The first-order valence-electron chi connectivity index (χ1n) is 6.42. The lowest BCUT2D eigenvalue weighted by molar-refractivity contribution is 0.191. The number of rotatable bonds is 7. The van der Waals surface area contributed by atoms with Gasteiger partial charge in [-0.15, -0.1) is 0 Å². The molecule has 0 unspecified atom stereocenters. The Bertz CT molecular complexity index is 539. The maximum absolute atomic E-state index is 5.93. The molecule has 6 heteroatoms. The highest BCUT2D eigenvalue weighted by atomic mass is 16.5. The summed E-state index contributed by atoms with van der Waals surface area (Å²) in [5.74, 6) is 1.08. The number of nitrogens with two attached hydrogens (primary N) is 1. The fraction of sp³-hybridized carbons (Fsp3) is 0.538. The second-order valence-corrected chi connectivity index (χ2v) is 4.37. The largest absolute Gasteiger partial charge is 0.481 e. The van der Waals surface area contributed by atoms with Gasteiger partial charge in [0.05, 0.1) is 7.11 Å². The summed E-state index contributed by atoms with van der Waals surface area (Å²) < 4.78 is 12.1. The number of fused-ring (bicyclic) bond motifs is 1. The summed E-state index contributed by atoms with van der Waals surface area (Å²) in [6.07, 6.45) is 3.18. The van der Waals surface area contributed by atoms with Crippen molar-refractivity contribution >= 4 is 17.1 Å². The molecule has 0 atom stereocenters. The standard InChI is InChI=1S/C13H20N4O2/c1-18-9-5-3-4-8-17-12-10(15-13(17)14)6-7-11(16-12)19-2/h6-7H,3-5,8-9H2,1-2H3,(H2,14,15). The van der Waals surface area contributed by atoms with Crippen molar-refractivity contribution < 1.29 is 9.47 Å². The summed E-state index contributed by atoms with van der Waals surface area (Å²) in [7, 11) is 3.32. The van der Waals surface area contributed by atoms with E-state index in [-0.39, 0.29) is 0 Å². The van der Waals surface area contributed by atoms with Gasteiger partial charge in [-0.05, 0) is 25.3 Å². The summed E-state index contributed by atoms with van der Waals surface area (Å²) in [6.45, 7) is 1.61. The van der Waals surface area contributed by atoms with E-state index in [2.05, 4.69) is 9.97 Å². The van der Waals surface area contributed by atoms with Crippen LogP contribution in [0.1, 0.15) is 19.3 Å². The van der Waals surface area contributed by atoms with Crippen molar-refractivity contribution in [3.8, 4) is 5.88 Å². The van der Waals surface area contributed by atoms with Crippen LogP contribution >= 0.6 is 0 Å². The number of hydrogen-bond donors (Lipinski definition) is 1. The summed E-state index contributed by atoms with van der Waals surface area (Å²) in [5.41, 5.74) is 7.51. The number of pyridine rings is 1. The quantitative estimate of drug-likeness (QED) is 0.772. The Morgan fingerprint density at radius 3 is 2.74 bits per heavy atom. The van der Waals surface area contributed by atoms with E-state index in [9.17, 15) is 0 Å². The van der Waals surface area contributed by atoms with Gasteiger partial charge in [-0.3, -0.25) is 4.57 Å². The molecule has 104 valence electrons. The van der Waals surface area contributed by atoms with Crippen molar-refractivity contribution in [2.75, 3.05) is 26.6 Å². The first kappa shape index (κ1) is 13.6. The Balaban J connectivity index is 2.10. The molecule has 6 nitrogen and oxygen atoms in total. The van der Waals surface area contributed by atoms with Crippen LogP contribution in [0.25, 0.3) is 11.2 Å². The number of hydrogen-bond acceptors (Lipinski definition) is 5. The summed E-state index contributed by atoms with van der Waals surface area (Å²) >= 11 is 0. The summed E-state index contributed by atoms with van der Waals surface area (Å²) in [5, 5.41) is 0. The number of unbranched alkanes of at least 4 members (excludes halogenated alkanes) is 2. The molecule has 0 spiro atoms. The first-order chi connectivity index (χ1) is 9.26. The maximum atomic E-state index is 5.93. The Hall–Kier alpha value is -1.82. The lowest BCUT2D eigenvalue weighted by Gasteiger charge is -2.06. The van der Waals surface area contributed by atoms with Gasteiger partial charge in [0.1, 0.15) is 5.52 Å². The SMILES string of the molecule is COCCCCCn1c(N)nc2ccc(OC)nc21. The van der Waals surface area contributed by atoms with Crippen molar-refractivity contribution in [2.24, 2.45) is 0 Å². The Labute approximate surface area is 112 Å². The normalized spacial score (nSPS) is 11.1. The predicted octanol–water partition coefficient (Wildman–Crippen LogP) is 1.84. The Morgan fingerprint density at radius 1 is 1.16 bits per heavy atom. The second kappa shape index (κ2) is 6.38. The van der Waals surface area contributed by atoms with Crippen LogP contribution in [0.5, 0.6) is 5.88 Å². The number of methoxy groups -OCH3 is 2. The topological polar surface area (TPSA) is 75.2 Å². The second-order valence-electron chi connectivity index (χ2n) is 4.37. The fourth-order valence-electron chi connectivity index (χ4n) is 2.03. The van der Waals surface area contributed by atoms with E-state index >= 15 is 0 Å². The van der Waals surface area contributed by atoms with E-state index < -0.39 is 0 Å². The van der Waals surface area contributed by atoms with E-state index in [0.29, 0.717) is 11.8 Å². The molecule has 2 heterocycles. The van der Waals surface area contributed by atoms with E-state index in [1.807, 2.05) is 10.6 Å². The number of nitrogen functional groups attached to an aromatic ring is 1. The molecule has 0 aliphatic heterocycles. The molecule has 0 saturated carbocycles. The highest BCUT2D eigenvalue weighted by Crippen LogP contribution is 2.19. The zero-order valence-electron chi connectivity index (χ0n) is 11.4. The zero-order valence-corrected chi connectivity index (χ0v) is 11.4. The van der Waals surface area contributed by atoms with Crippen LogP contribution in [0.2, 0.25) is 0 Å². The van der Waals surface area contributed by atoms with E-state index in [0.717, 1.165) is 43.6 Å². The van der Waals surface area contributed by atoms with Gasteiger partial charge in [-0.25, -0.2) is 4.98 Å². The third-order valence-corrected chi connectivity index (χ3v) is 3.04. The molecule has 0 fully saturated rings. The van der Waals surface area contributed by atoms with Crippen LogP contribution in [0.3, 0.4) is 0 Å². The lowest BCUT2D eigenvalue weighted by atomic mass is 10.2. The molecule has 0 amide bonds. The number of imidazole rings is 1. The number of ether oxygens (including phenoxy) is 2. The fourth-order valence-corrected chi connectivity index (χ4v) is 2.03. The van der Waals surface area contributed by atoms with Gasteiger partial charge in [0, 0.05) is 26.3 Å². The average Bonchev–Trinajstić information content (AvgIpc) is 2.74. The third kappa shape index (κ3) is 3.14. The molecule has 2 aromatic heterocycles. The van der Waals surface area contributed by atoms with Crippen LogP contribution in [0.15, 0.2) is 12.1 Å². The van der Waals surface area contributed by atoms with Crippen LogP contribution in [0, 0.1) is 0 Å². The minimum Gasteiger partial charge on any atom is -0.481 e. The van der Waals surface area contributed by atoms with Crippen LogP contribution in [-0.2, 0) is 11.3 Å². The molecule has 2 rings (SSSR count). The van der Waals surface area contributed by atoms with Gasteiger partial charge in [0.2, 0.25) is 11.8 Å². The number of anilines is 1. The summed E-state index contributed by atoms with van der Waals surface area (Å²) in [6, 6.07) is 3.66. The third-order valence-electron chi connectivity index (χ3n) is 3.04. The first-order valence-corrected chi connectivity index (χ1v) is 6.42. The molecule has 0 aliphatic rings. The minimum absolute atomic E-state index is 0.502. The van der Waals surface area contributed by atoms with E-state index in [4.69, 9.17) is 15.2 Å². The molecular formula is C13H20N4O2. The van der Waals surface area contributed by atoms with Crippen LogP contribution in [-0.4, -0.2) is 35.4 Å². The zero-order chi connectivity index (χ0) is 13.7. The van der Waals surface area contributed by atoms with Crippen LogP contribution in [0.4, 0.5) is 5.95 Å². The van der Waals surface area contributed by atoms with Gasteiger partial charge >= 0.3 is 0 Å². The van der Waals surface area contributed by atoms with Crippen molar-refractivity contribution in [3.63, 3.8) is 0 Å². The molecule has 2 aromatic rings. The van der Waals surface area contributed by atoms with Crippen molar-refractivity contribution in [1.29, 1.82) is 0 Å². The molecule has 19 heavy (non-hydrogen) atoms. The van der Waals surface area contributed by atoms with Crippen molar-refractivity contribution in [2.45, 2.75) is 25.8 Å². The number of nitrogens with zero attached hydrogens (tertiary/aromatic N) is 3. The monoisotopic (exact) mass is 264 g/mol. The highest BCUT2D eigenvalue weighted by molar-refractivity contribution is 5.74. The number of aromatic nitrogens is 3. The molecule has 0 bridgehead atoms. The van der Waals surface area contributed by atoms with Gasteiger partial charge in [-0.1, -0.05) is 0 Å². The van der Waals surface area contributed by atoms with Gasteiger partial charge in [0.15, 0.2) is 5.65 Å². The molecule has 2 N–H and O–H groups in total. The lowest BCUT2D eigenvalue weighted by Crippen LogP contribution is -2.05. The molecule has 0 saturated heterocycles. The highest BCUT2D eigenvalue weighted by Gasteiger charge is 2.10. The van der Waals surface area contributed by atoms with Crippen molar-refractivity contribution in [3.05, 3.63) is 12.1 Å². The predicted molar refractivity (Wildman–Crippen MR) is 74.2 cm³/mol. The van der Waals surface area contributed by atoms with E-state index in [1.54, 1.807) is 20.3 Å². The molecular weight excluding hydrogens is 244 g/mol. The smallest absolute Gasteiger partial charge is 0.215 e. The molecule has 0 aliphatic carbocycles. The van der Waals surface area contributed by atoms with Crippen LogP contribution < -0.4 is 10.5 Å². The molecule has 0 aromatic carbocycles. The van der Waals surface area contributed by atoms with E-state index in [1.165, 1.54) is 0 Å². The van der Waals surface area contributed by atoms with Gasteiger partial charge < -0.3 is 15.2 Å². The summed E-state index contributed by atoms with van der Waals surface area (Å²) in [4.78, 5) is 8.70. The average molecular weight is 264 g/mol. The van der Waals surface area contributed by atoms with Gasteiger partial charge in [-0.2, -0.15) is 4.98 Å². The van der Waals surface area contributed by atoms with Gasteiger partial charge in [0.25, 0.3) is 0 Å². The Kier molecular flexibility index (Phi) is 4.57. The Morgan fingerprint density at radius 2 is 2.00 bits per heavy atom. The van der Waals surface area contributed by atoms with Crippen molar-refractivity contribution in [1.82, 2.24) is 14.5 Å². The molecule has 0 radical (unpaired) electrons. The maximum Gasteiger partial charge on any atom is 0.215 e.